The van der Waals surface area contributed by atoms with E-state index in [0.717, 1.165) is 19.3 Å². The van der Waals surface area contributed by atoms with Crippen molar-refractivity contribution in [2.75, 3.05) is 26.2 Å². The van der Waals surface area contributed by atoms with Crippen molar-refractivity contribution in [3.05, 3.63) is 30.3 Å². The van der Waals surface area contributed by atoms with Gasteiger partial charge in [-0.2, -0.15) is 4.31 Å². The van der Waals surface area contributed by atoms with Gasteiger partial charge in [-0.3, -0.25) is 0 Å². The molecular weight excluding hydrogens is 354 g/mol. The lowest BCUT2D eigenvalue weighted by atomic mass is 10.0. The van der Waals surface area contributed by atoms with E-state index in [9.17, 15) is 18.3 Å². The molecule has 2 saturated heterocycles. The van der Waals surface area contributed by atoms with Crippen LogP contribution in [-0.2, 0) is 10.0 Å². The van der Waals surface area contributed by atoms with Crippen molar-refractivity contribution < 1.29 is 18.3 Å². The van der Waals surface area contributed by atoms with Gasteiger partial charge in [-0.25, -0.2) is 13.2 Å². The number of benzene rings is 1. The zero-order valence-corrected chi connectivity index (χ0v) is 15.7. The molecular formula is C18H27N3O4S. The maximum atomic E-state index is 12.6. The Balaban J connectivity index is 1.54. The fraction of sp³-hybridized carbons (Fsp3) is 0.611. The van der Waals surface area contributed by atoms with Crippen molar-refractivity contribution in [3.8, 4) is 0 Å². The number of hydrogen-bond donors (Lipinski definition) is 2. The molecule has 26 heavy (non-hydrogen) atoms. The molecule has 1 aromatic carbocycles. The van der Waals surface area contributed by atoms with Crippen molar-refractivity contribution >= 4 is 16.1 Å². The smallest absolute Gasteiger partial charge is 0.317 e. The number of piperidine rings is 2. The Bertz CT molecular complexity index is 702. The van der Waals surface area contributed by atoms with Gasteiger partial charge in [-0.05, 0) is 44.2 Å². The number of sulfonamides is 1. The van der Waals surface area contributed by atoms with Crippen molar-refractivity contribution in [1.29, 1.82) is 0 Å². The van der Waals surface area contributed by atoms with E-state index in [2.05, 4.69) is 5.32 Å². The van der Waals surface area contributed by atoms with Crippen LogP contribution < -0.4 is 5.32 Å². The molecule has 8 heteroatoms. The van der Waals surface area contributed by atoms with Crippen LogP contribution in [0.3, 0.4) is 0 Å². The quantitative estimate of drug-likeness (QED) is 0.825. The summed E-state index contributed by atoms with van der Waals surface area (Å²) in [6, 6.07) is 8.15. The standard InChI is InChI=1S/C18H27N3O4S/c22-14-16-6-4-5-11-21(16)18(23)19-15-9-12-20(13-10-15)26(24,25)17-7-2-1-3-8-17/h1-3,7-8,15-16,22H,4-6,9-14H2,(H,19,23)/t16-/m1/s1. The second kappa shape index (κ2) is 8.37. The molecule has 7 nitrogen and oxygen atoms in total. The molecule has 0 spiro atoms. The third-order valence-electron chi connectivity index (χ3n) is 5.26. The third kappa shape index (κ3) is 4.19. The van der Waals surface area contributed by atoms with E-state index in [-0.39, 0.29) is 24.7 Å². The molecule has 2 aliphatic rings. The fourth-order valence-corrected chi connectivity index (χ4v) is 5.19. The third-order valence-corrected chi connectivity index (χ3v) is 7.17. The van der Waals surface area contributed by atoms with Crippen LogP contribution in [0.5, 0.6) is 0 Å². The van der Waals surface area contributed by atoms with Crippen molar-refractivity contribution in [2.45, 2.75) is 49.1 Å². The highest BCUT2D eigenvalue weighted by Crippen LogP contribution is 2.21. The average molecular weight is 381 g/mol. The van der Waals surface area contributed by atoms with Gasteiger partial charge in [-0.1, -0.05) is 18.2 Å². The summed E-state index contributed by atoms with van der Waals surface area (Å²) in [6.07, 6.45) is 4.00. The minimum atomic E-state index is -3.47. The first kappa shape index (κ1) is 19.1. The summed E-state index contributed by atoms with van der Waals surface area (Å²) in [7, 11) is -3.47. The number of aliphatic hydroxyl groups excluding tert-OH is 1. The van der Waals surface area contributed by atoms with Crippen molar-refractivity contribution in [3.63, 3.8) is 0 Å². The van der Waals surface area contributed by atoms with Crippen LogP contribution in [0.1, 0.15) is 32.1 Å². The normalized spacial score (nSPS) is 23.0. The van der Waals surface area contributed by atoms with Gasteiger partial charge >= 0.3 is 6.03 Å². The Morgan fingerprint density at radius 2 is 1.77 bits per heavy atom. The van der Waals surface area contributed by atoms with Gasteiger partial charge in [0, 0.05) is 25.7 Å². The van der Waals surface area contributed by atoms with Gasteiger partial charge in [0.25, 0.3) is 0 Å². The molecule has 0 saturated carbocycles. The zero-order valence-electron chi connectivity index (χ0n) is 14.9. The second-order valence-corrected chi connectivity index (χ2v) is 8.90. The van der Waals surface area contributed by atoms with E-state index in [0.29, 0.717) is 37.4 Å². The average Bonchev–Trinajstić information content (AvgIpc) is 2.69. The SMILES string of the molecule is O=C(NC1CCN(S(=O)(=O)c2ccccc2)CC1)N1CCCC[C@@H]1CO. The minimum absolute atomic E-state index is 0.0127. The Hall–Kier alpha value is -1.64. The summed E-state index contributed by atoms with van der Waals surface area (Å²) >= 11 is 0. The molecule has 2 fully saturated rings. The maximum absolute atomic E-state index is 12.6. The Labute approximate surface area is 155 Å². The second-order valence-electron chi connectivity index (χ2n) is 6.97. The van der Waals surface area contributed by atoms with E-state index < -0.39 is 10.0 Å². The molecule has 2 heterocycles. The molecule has 0 aromatic heterocycles. The fourth-order valence-electron chi connectivity index (χ4n) is 3.70. The number of amides is 2. The van der Waals surface area contributed by atoms with Crippen LogP contribution >= 0.6 is 0 Å². The summed E-state index contributed by atoms with van der Waals surface area (Å²) in [5.41, 5.74) is 0. The molecule has 0 bridgehead atoms. The number of aliphatic hydroxyl groups is 1. The van der Waals surface area contributed by atoms with Crippen molar-refractivity contribution in [1.82, 2.24) is 14.5 Å². The van der Waals surface area contributed by atoms with Gasteiger partial charge in [0.1, 0.15) is 0 Å². The Kier molecular flexibility index (Phi) is 6.16. The molecule has 1 atom stereocenters. The minimum Gasteiger partial charge on any atom is -0.394 e. The number of hydrogen-bond acceptors (Lipinski definition) is 4. The van der Waals surface area contributed by atoms with Crippen LogP contribution in [0.4, 0.5) is 4.79 Å². The number of rotatable bonds is 4. The number of nitrogens with one attached hydrogen (secondary N) is 1. The highest BCUT2D eigenvalue weighted by Gasteiger charge is 2.32. The molecule has 0 aliphatic carbocycles. The van der Waals surface area contributed by atoms with Gasteiger partial charge in [0.2, 0.25) is 10.0 Å². The highest BCUT2D eigenvalue weighted by molar-refractivity contribution is 7.89. The number of likely N-dealkylation sites (tertiary alicyclic amines) is 1. The van der Waals surface area contributed by atoms with Gasteiger partial charge in [-0.15, -0.1) is 0 Å². The van der Waals surface area contributed by atoms with E-state index in [1.807, 2.05) is 0 Å². The molecule has 3 rings (SSSR count). The van der Waals surface area contributed by atoms with Crippen molar-refractivity contribution in [2.24, 2.45) is 0 Å². The topological polar surface area (TPSA) is 90.0 Å². The predicted molar refractivity (Wildman–Crippen MR) is 98.2 cm³/mol. The molecule has 144 valence electrons. The first-order valence-electron chi connectivity index (χ1n) is 9.25. The lowest BCUT2D eigenvalue weighted by molar-refractivity contribution is 0.104. The van der Waals surface area contributed by atoms with E-state index in [4.69, 9.17) is 0 Å². The van der Waals surface area contributed by atoms with Crippen LogP contribution in [0.2, 0.25) is 0 Å². The number of carbonyl (C=O) groups is 1. The number of urea groups is 1. The van der Waals surface area contributed by atoms with E-state index >= 15 is 0 Å². The lowest BCUT2D eigenvalue weighted by Gasteiger charge is -2.37. The van der Waals surface area contributed by atoms with Crippen LogP contribution in [0.25, 0.3) is 0 Å². The molecule has 2 N–H and O–H groups in total. The van der Waals surface area contributed by atoms with E-state index in [1.165, 1.54) is 4.31 Å². The predicted octanol–water partition coefficient (Wildman–Crippen LogP) is 1.40. The molecule has 0 unspecified atom stereocenters. The molecule has 2 aliphatic heterocycles. The largest absolute Gasteiger partial charge is 0.394 e. The first-order chi connectivity index (χ1) is 12.5. The van der Waals surface area contributed by atoms with Gasteiger partial charge in [0.15, 0.2) is 0 Å². The van der Waals surface area contributed by atoms with Gasteiger partial charge < -0.3 is 15.3 Å². The zero-order chi connectivity index (χ0) is 18.6. The summed E-state index contributed by atoms with van der Waals surface area (Å²) in [4.78, 5) is 14.5. The first-order valence-corrected chi connectivity index (χ1v) is 10.7. The number of carbonyl (C=O) groups excluding carboxylic acids is 1. The van der Waals surface area contributed by atoms with Crippen LogP contribution in [0, 0.1) is 0 Å². The molecule has 0 radical (unpaired) electrons. The molecule has 1 aromatic rings. The Morgan fingerprint density at radius 1 is 1.08 bits per heavy atom. The summed E-state index contributed by atoms with van der Waals surface area (Å²) in [5.74, 6) is 0. The van der Waals surface area contributed by atoms with Crippen LogP contribution in [0.15, 0.2) is 35.2 Å². The summed E-state index contributed by atoms with van der Waals surface area (Å²) in [6.45, 7) is 1.44. The molecule has 2 amide bonds. The maximum Gasteiger partial charge on any atom is 0.317 e. The Morgan fingerprint density at radius 3 is 2.42 bits per heavy atom. The lowest BCUT2D eigenvalue weighted by Crippen LogP contribution is -2.54. The summed E-state index contributed by atoms with van der Waals surface area (Å²) < 4.78 is 26.8. The number of nitrogens with zero attached hydrogens (tertiary/aromatic N) is 2. The summed E-state index contributed by atoms with van der Waals surface area (Å²) in [5, 5.41) is 12.5. The van der Waals surface area contributed by atoms with Gasteiger partial charge in [0.05, 0.1) is 17.5 Å². The van der Waals surface area contributed by atoms with Crippen LogP contribution in [-0.4, -0.2) is 67.1 Å². The highest BCUT2D eigenvalue weighted by atomic mass is 32.2. The van der Waals surface area contributed by atoms with E-state index in [1.54, 1.807) is 35.2 Å². The monoisotopic (exact) mass is 381 g/mol.